The lowest BCUT2D eigenvalue weighted by atomic mass is 10.0. The molecule has 1 amide bonds. The Morgan fingerprint density at radius 3 is 1.00 bits per heavy atom. The second kappa shape index (κ2) is 73.4. The third-order valence-corrected chi connectivity index (χ3v) is 18.7. The summed E-state index contributed by atoms with van der Waals surface area (Å²) >= 11 is 0. The molecule has 0 aliphatic rings. The molecule has 0 spiro atoms. The van der Waals surface area contributed by atoms with Crippen LogP contribution in [0.3, 0.4) is 0 Å². The SMILES string of the molecule is CC/C=C\C/C=C\C/C=C\C/C=C\C/C=C\C/C=C\CCCCCCCCCCCCCCCCCCCCCCCCC(=O)NC(COP(=O)([O-])OCC[N+](C)(C)C)C(O)/C=C/CC/C=C/CC/C=C/CCCCCCCCCCCCCCCCCCCCCC. The van der Waals surface area contributed by atoms with E-state index in [1.54, 1.807) is 6.08 Å². The van der Waals surface area contributed by atoms with Crippen molar-refractivity contribution in [1.29, 1.82) is 0 Å². The molecule has 0 aliphatic carbocycles. The van der Waals surface area contributed by atoms with Crippen LogP contribution in [0.4, 0.5) is 0 Å². The molecule has 3 unspecified atom stereocenters. The average molecular weight is 1320 g/mol. The molecule has 0 saturated carbocycles. The molecule has 0 saturated heterocycles. The van der Waals surface area contributed by atoms with Gasteiger partial charge in [-0.05, 0) is 96.3 Å². The maximum absolute atomic E-state index is 13.1. The second-order valence-electron chi connectivity index (χ2n) is 28.0. The van der Waals surface area contributed by atoms with Gasteiger partial charge in [0.25, 0.3) is 7.82 Å². The summed E-state index contributed by atoms with van der Waals surface area (Å²) in [6.07, 6.45) is 108. The van der Waals surface area contributed by atoms with Crippen molar-refractivity contribution in [2.75, 3.05) is 40.9 Å². The van der Waals surface area contributed by atoms with Gasteiger partial charge >= 0.3 is 0 Å². The standard InChI is InChI=1S/C84H153N2O6P/c1-6-8-10-12-14-16-18-20-22-24-26-28-30-32-34-36-38-39-40-41-42-43-44-45-46-47-48-50-52-54-56-58-60-62-64-66-68-70-72-74-76-78-84(88)85-82(81-92-93(89,90)91-80-79-86(3,4)5)83(87)77-75-73-71-69-67-65-63-61-59-57-55-53-51-49-37-35-33-31-29-27-25-23-21-19-17-15-13-11-9-7-2/h8,10,14,16,20,22,26,28,32,34,38-39,59,61,67,69,75,77,82-83,87H,6-7,9,11-13,15,17-19,21,23-25,27,29-31,33,35-37,40-58,60,62-66,68,70-74,76,78-81H2,1-5H3,(H-,85,88,89,90)/b10-8-,16-14-,22-20-,28-26-,34-32-,39-38-,61-59+,69-67+,77-75+. The van der Waals surface area contributed by atoms with E-state index in [1.165, 1.54) is 263 Å². The number of hydrogen-bond acceptors (Lipinski definition) is 6. The third kappa shape index (κ3) is 76.4. The number of phosphoric ester groups is 1. The smallest absolute Gasteiger partial charge is 0.268 e. The third-order valence-electron chi connectivity index (χ3n) is 17.7. The fraction of sp³-hybridized carbons (Fsp3) is 0.774. The summed E-state index contributed by atoms with van der Waals surface area (Å²) in [6.45, 7) is 4.55. The summed E-state index contributed by atoms with van der Waals surface area (Å²) in [4.78, 5) is 25.7. The highest BCUT2D eigenvalue weighted by Gasteiger charge is 2.23. The second-order valence-corrected chi connectivity index (χ2v) is 29.4. The zero-order chi connectivity index (χ0) is 67.6. The maximum Gasteiger partial charge on any atom is 0.268 e. The van der Waals surface area contributed by atoms with E-state index in [0.717, 1.165) is 83.5 Å². The van der Waals surface area contributed by atoms with Gasteiger partial charge in [0, 0.05) is 6.42 Å². The predicted molar refractivity (Wildman–Crippen MR) is 408 cm³/mol. The summed E-state index contributed by atoms with van der Waals surface area (Å²) in [5.74, 6) is -0.207. The molecule has 0 aromatic carbocycles. The predicted octanol–water partition coefficient (Wildman–Crippen LogP) is 25.5. The largest absolute Gasteiger partial charge is 0.756 e. The fourth-order valence-electron chi connectivity index (χ4n) is 11.6. The molecule has 540 valence electrons. The van der Waals surface area contributed by atoms with Gasteiger partial charge in [-0.15, -0.1) is 0 Å². The first-order valence-electron chi connectivity index (χ1n) is 39.7. The molecule has 0 aromatic rings. The molecule has 8 nitrogen and oxygen atoms in total. The van der Waals surface area contributed by atoms with Crippen LogP contribution in [-0.2, 0) is 18.4 Å². The van der Waals surface area contributed by atoms with Crippen molar-refractivity contribution in [2.24, 2.45) is 0 Å². The van der Waals surface area contributed by atoms with Crippen molar-refractivity contribution in [1.82, 2.24) is 5.32 Å². The molecule has 0 heterocycles. The Balaban J connectivity index is 4.01. The normalized spacial score (nSPS) is 14.1. The highest BCUT2D eigenvalue weighted by molar-refractivity contribution is 7.45. The Morgan fingerprint density at radius 1 is 0.387 bits per heavy atom. The van der Waals surface area contributed by atoms with Crippen LogP contribution in [0.25, 0.3) is 0 Å². The number of amides is 1. The van der Waals surface area contributed by atoms with E-state index in [-0.39, 0.29) is 12.5 Å². The monoisotopic (exact) mass is 1320 g/mol. The lowest BCUT2D eigenvalue weighted by Crippen LogP contribution is -2.45. The van der Waals surface area contributed by atoms with Gasteiger partial charge in [-0.3, -0.25) is 9.36 Å². The van der Waals surface area contributed by atoms with E-state index in [4.69, 9.17) is 9.05 Å². The Hall–Kier alpha value is -2.84. The summed E-state index contributed by atoms with van der Waals surface area (Å²) in [6, 6.07) is -0.916. The fourth-order valence-corrected chi connectivity index (χ4v) is 12.3. The first kappa shape index (κ1) is 90.2. The number of nitrogens with one attached hydrogen (secondary N) is 1. The van der Waals surface area contributed by atoms with Gasteiger partial charge in [-0.1, -0.05) is 374 Å². The number of rotatable bonds is 73. The highest BCUT2D eigenvalue weighted by atomic mass is 31.2. The van der Waals surface area contributed by atoms with Crippen LogP contribution in [0.5, 0.6) is 0 Å². The van der Waals surface area contributed by atoms with Crippen LogP contribution in [0, 0.1) is 0 Å². The van der Waals surface area contributed by atoms with Gasteiger partial charge in [-0.2, -0.15) is 0 Å². The van der Waals surface area contributed by atoms with E-state index >= 15 is 0 Å². The summed E-state index contributed by atoms with van der Waals surface area (Å²) in [5.41, 5.74) is 0. The van der Waals surface area contributed by atoms with E-state index < -0.39 is 26.6 Å². The summed E-state index contributed by atoms with van der Waals surface area (Å²) < 4.78 is 23.5. The van der Waals surface area contributed by atoms with E-state index in [9.17, 15) is 19.4 Å². The number of allylic oxidation sites excluding steroid dienone is 17. The quantitative estimate of drug-likeness (QED) is 0.0272. The number of carbonyl (C=O) groups excluding carboxylic acids is 1. The minimum absolute atomic E-state index is 0.0107. The first-order chi connectivity index (χ1) is 45.5. The van der Waals surface area contributed by atoms with Gasteiger partial charge in [-0.25, -0.2) is 0 Å². The van der Waals surface area contributed by atoms with E-state index in [0.29, 0.717) is 17.4 Å². The van der Waals surface area contributed by atoms with Crippen LogP contribution < -0.4 is 10.2 Å². The Morgan fingerprint density at radius 2 is 0.667 bits per heavy atom. The number of carbonyl (C=O) groups is 1. The molecule has 0 fully saturated rings. The molecule has 0 aliphatic heterocycles. The van der Waals surface area contributed by atoms with E-state index in [2.05, 4.69) is 116 Å². The Kier molecular flexibility index (Phi) is 71.2. The van der Waals surface area contributed by atoms with Crippen molar-refractivity contribution in [3.63, 3.8) is 0 Å². The number of aliphatic hydroxyl groups is 1. The van der Waals surface area contributed by atoms with Crippen LogP contribution in [0.1, 0.15) is 367 Å². The molecule has 0 aromatic heterocycles. The van der Waals surface area contributed by atoms with Crippen LogP contribution in [0.15, 0.2) is 109 Å². The zero-order valence-electron chi connectivity index (χ0n) is 61.9. The van der Waals surface area contributed by atoms with Crippen molar-refractivity contribution in [3.05, 3.63) is 109 Å². The highest BCUT2D eigenvalue weighted by Crippen LogP contribution is 2.38. The van der Waals surface area contributed by atoms with Gasteiger partial charge in [0.15, 0.2) is 0 Å². The first-order valence-corrected chi connectivity index (χ1v) is 41.2. The molecular weight excluding hydrogens is 1160 g/mol. The van der Waals surface area contributed by atoms with Crippen molar-refractivity contribution >= 4 is 13.7 Å². The summed E-state index contributed by atoms with van der Waals surface area (Å²) in [5, 5.41) is 14.0. The van der Waals surface area contributed by atoms with Crippen LogP contribution in [-0.4, -0.2) is 68.5 Å². The number of hydrogen-bond donors (Lipinski definition) is 2. The number of quaternary nitrogens is 1. The molecular formula is C84H153N2O6P. The molecule has 3 atom stereocenters. The number of phosphoric acid groups is 1. The number of unbranched alkanes of at least 4 members (excludes halogenated alkanes) is 44. The molecule has 93 heavy (non-hydrogen) atoms. The zero-order valence-corrected chi connectivity index (χ0v) is 62.8. The molecule has 0 bridgehead atoms. The molecule has 9 heteroatoms. The minimum Gasteiger partial charge on any atom is -0.756 e. The lowest BCUT2D eigenvalue weighted by molar-refractivity contribution is -0.870. The average Bonchev–Trinajstić information content (AvgIpc) is 2.75. The van der Waals surface area contributed by atoms with Gasteiger partial charge < -0.3 is 28.8 Å². The number of aliphatic hydroxyl groups excluding tert-OH is 1. The van der Waals surface area contributed by atoms with E-state index in [1.807, 2.05) is 27.2 Å². The minimum atomic E-state index is -4.62. The van der Waals surface area contributed by atoms with Crippen molar-refractivity contribution in [3.8, 4) is 0 Å². The topological polar surface area (TPSA) is 108 Å². The maximum atomic E-state index is 13.1. The molecule has 0 radical (unpaired) electrons. The Bertz CT molecular complexity index is 1890. The van der Waals surface area contributed by atoms with Gasteiger partial charge in [0.2, 0.25) is 5.91 Å². The van der Waals surface area contributed by atoms with Crippen LogP contribution >= 0.6 is 7.82 Å². The lowest BCUT2D eigenvalue weighted by Gasteiger charge is -2.29. The van der Waals surface area contributed by atoms with Crippen LogP contribution in [0.2, 0.25) is 0 Å². The van der Waals surface area contributed by atoms with Crippen molar-refractivity contribution in [2.45, 2.75) is 379 Å². The number of likely N-dealkylation sites (N-methyl/N-ethyl adjacent to an activating group) is 1. The van der Waals surface area contributed by atoms with Gasteiger partial charge in [0.05, 0.1) is 39.9 Å². The number of nitrogens with zero attached hydrogens (tertiary/aromatic N) is 1. The summed E-state index contributed by atoms with van der Waals surface area (Å²) in [7, 11) is 1.24. The van der Waals surface area contributed by atoms with Gasteiger partial charge in [0.1, 0.15) is 13.2 Å². The van der Waals surface area contributed by atoms with Crippen molar-refractivity contribution < 1.29 is 32.9 Å². The Labute approximate surface area is 578 Å². The molecule has 0 rings (SSSR count). The molecule has 2 N–H and O–H groups in total.